The summed E-state index contributed by atoms with van der Waals surface area (Å²) in [4.78, 5) is 38.6. The van der Waals surface area contributed by atoms with Gasteiger partial charge in [0.1, 0.15) is 5.82 Å². The average Bonchev–Trinajstić information content (AvgIpc) is 2.24. The molecule has 1 amide bonds. The molecule has 18 heavy (non-hydrogen) atoms. The Hall–Kier alpha value is -2.42. The van der Waals surface area contributed by atoms with Gasteiger partial charge >= 0.3 is 11.7 Å². The second kappa shape index (κ2) is 5.27. The number of amides is 1. The molecule has 0 aliphatic heterocycles. The van der Waals surface area contributed by atoms with Crippen LogP contribution in [0.1, 0.15) is 17.3 Å². The van der Waals surface area contributed by atoms with Crippen LogP contribution in [-0.4, -0.2) is 44.2 Å². The molecule has 0 saturated heterocycles. The summed E-state index contributed by atoms with van der Waals surface area (Å²) in [6.45, 7) is 1.22. The van der Waals surface area contributed by atoms with Gasteiger partial charge in [0.2, 0.25) is 0 Å². The number of nitrogens with two attached hydrogens (primary N) is 1. The van der Waals surface area contributed by atoms with Gasteiger partial charge in [-0.15, -0.1) is 0 Å². The minimum Gasteiger partial charge on any atom is -0.480 e. The predicted molar refractivity (Wildman–Crippen MR) is 59.8 cm³/mol. The lowest BCUT2D eigenvalue weighted by molar-refractivity contribution is -0.141. The summed E-state index contributed by atoms with van der Waals surface area (Å²) in [6.07, 6.45) is -0.367. The van der Waals surface area contributed by atoms with Crippen LogP contribution in [0.2, 0.25) is 0 Å². The first-order chi connectivity index (χ1) is 8.32. The van der Waals surface area contributed by atoms with E-state index in [1.807, 2.05) is 0 Å². The lowest BCUT2D eigenvalue weighted by Crippen LogP contribution is -2.47. The normalized spacial score (nSPS) is 13.7. The summed E-state index contributed by atoms with van der Waals surface area (Å²) in [5.41, 5.74) is 4.48. The number of nitrogen functional groups attached to an aromatic ring is 1. The molecule has 9 heteroatoms. The van der Waals surface area contributed by atoms with Crippen molar-refractivity contribution in [1.82, 2.24) is 15.3 Å². The molecule has 0 bridgehead atoms. The minimum atomic E-state index is -1.48. The van der Waals surface area contributed by atoms with E-state index in [-0.39, 0.29) is 11.4 Å². The van der Waals surface area contributed by atoms with Gasteiger partial charge in [0.15, 0.2) is 6.04 Å². The Bertz CT molecular complexity index is 524. The molecule has 0 fully saturated rings. The number of carbonyl (C=O) groups is 2. The van der Waals surface area contributed by atoms with Gasteiger partial charge in [-0.1, -0.05) is 0 Å². The Morgan fingerprint density at radius 2 is 2.17 bits per heavy atom. The fourth-order valence-electron chi connectivity index (χ4n) is 1.20. The van der Waals surface area contributed by atoms with E-state index in [0.717, 1.165) is 6.20 Å². The third-order valence-electron chi connectivity index (χ3n) is 2.12. The number of aliphatic carboxylic acids is 1. The smallest absolute Gasteiger partial charge is 0.346 e. The molecule has 1 rings (SSSR count). The average molecular weight is 256 g/mol. The number of aromatic nitrogens is 2. The van der Waals surface area contributed by atoms with E-state index in [1.165, 1.54) is 6.92 Å². The standard InChI is InChI=1S/C9H12N4O5/c1-3(14)5(8(16)17)12-7(15)4-2-11-9(18)13-6(4)10/h2-3,5,14H,1H3,(H,12,15)(H,16,17)(H3,10,11,13,18)/t3-,5+/m1/s1. The van der Waals surface area contributed by atoms with E-state index in [1.54, 1.807) is 0 Å². The molecule has 1 heterocycles. The van der Waals surface area contributed by atoms with Crippen molar-refractivity contribution in [2.75, 3.05) is 5.73 Å². The largest absolute Gasteiger partial charge is 0.480 e. The number of nitrogens with one attached hydrogen (secondary N) is 2. The van der Waals surface area contributed by atoms with Gasteiger partial charge in [0, 0.05) is 6.20 Å². The Morgan fingerprint density at radius 3 is 2.61 bits per heavy atom. The molecule has 1 aromatic heterocycles. The number of nitrogens with zero attached hydrogens (tertiary/aromatic N) is 1. The molecule has 0 aromatic carbocycles. The van der Waals surface area contributed by atoms with E-state index in [9.17, 15) is 19.5 Å². The van der Waals surface area contributed by atoms with Crippen LogP contribution >= 0.6 is 0 Å². The van der Waals surface area contributed by atoms with Gasteiger partial charge < -0.3 is 21.3 Å². The maximum Gasteiger partial charge on any atom is 0.346 e. The van der Waals surface area contributed by atoms with E-state index < -0.39 is 29.7 Å². The molecular weight excluding hydrogens is 244 g/mol. The van der Waals surface area contributed by atoms with Gasteiger partial charge in [-0.2, -0.15) is 0 Å². The van der Waals surface area contributed by atoms with E-state index in [2.05, 4.69) is 15.3 Å². The quantitative estimate of drug-likeness (QED) is 0.413. The molecule has 0 radical (unpaired) electrons. The summed E-state index contributed by atoms with van der Waals surface area (Å²) in [5.74, 6) is -2.49. The number of hydrogen-bond donors (Lipinski definition) is 5. The number of aliphatic hydroxyl groups is 1. The number of anilines is 1. The van der Waals surface area contributed by atoms with Gasteiger partial charge in [-0.25, -0.2) is 14.6 Å². The van der Waals surface area contributed by atoms with Crippen molar-refractivity contribution in [2.24, 2.45) is 0 Å². The van der Waals surface area contributed by atoms with Crippen LogP contribution in [0.5, 0.6) is 0 Å². The number of hydrogen-bond acceptors (Lipinski definition) is 6. The lowest BCUT2D eigenvalue weighted by atomic mass is 10.1. The molecule has 0 unspecified atom stereocenters. The zero-order valence-electron chi connectivity index (χ0n) is 9.38. The van der Waals surface area contributed by atoms with Crippen molar-refractivity contribution in [3.8, 4) is 0 Å². The number of carboxylic acid groups (broad SMARTS) is 1. The third-order valence-corrected chi connectivity index (χ3v) is 2.12. The van der Waals surface area contributed by atoms with Crippen molar-refractivity contribution in [1.29, 1.82) is 0 Å². The van der Waals surface area contributed by atoms with Crippen LogP contribution in [0.15, 0.2) is 11.0 Å². The number of aliphatic hydroxyl groups excluding tert-OH is 1. The van der Waals surface area contributed by atoms with Crippen molar-refractivity contribution < 1.29 is 19.8 Å². The zero-order valence-corrected chi connectivity index (χ0v) is 9.38. The van der Waals surface area contributed by atoms with E-state index in [4.69, 9.17) is 10.8 Å². The first-order valence-corrected chi connectivity index (χ1v) is 4.89. The second-order valence-corrected chi connectivity index (χ2v) is 3.55. The SMILES string of the molecule is C[C@@H](O)[C@H](NC(=O)c1cnc(=O)[nH]c1N)C(=O)O. The second-order valence-electron chi connectivity index (χ2n) is 3.55. The predicted octanol–water partition coefficient (Wildman–Crippen LogP) is -2.08. The topological polar surface area (TPSA) is 158 Å². The van der Waals surface area contributed by atoms with Crippen LogP contribution in [0.4, 0.5) is 5.82 Å². The molecule has 98 valence electrons. The summed E-state index contributed by atoms with van der Waals surface area (Å²) in [7, 11) is 0. The summed E-state index contributed by atoms with van der Waals surface area (Å²) < 4.78 is 0. The number of carboxylic acids is 1. The van der Waals surface area contributed by atoms with Crippen molar-refractivity contribution in [2.45, 2.75) is 19.1 Å². The van der Waals surface area contributed by atoms with Crippen molar-refractivity contribution in [3.05, 3.63) is 22.2 Å². The molecule has 0 spiro atoms. The maximum absolute atomic E-state index is 11.7. The van der Waals surface area contributed by atoms with Gasteiger partial charge in [0.25, 0.3) is 5.91 Å². The Morgan fingerprint density at radius 1 is 1.56 bits per heavy atom. The first kappa shape index (κ1) is 13.6. The van der Waals surface area contributed by atoms with Crippen LogP contribution in [-0.2, 0) is 4.79 Å². The lowest BCUT2D eigenvalue weighted by Gasteiger charge is -2.17. The maximum atomic E-state index is 11.7. The molecule has 0 saturated carbocycles. The van der Waals surface area contributed by atoms with E-state index in [0.29, 0.717) is 0 Å². The van der Waals surface area contributed by atoms with Gasteiger partial charge in [-0.05, 0) is 6.92 Å². The number of aromatic amines is 1. The monoisotopic (exact) mass is 256 g/mol. The highest BCUT2D eigenvalue weighted by molar-refractivity contribution is 5.99. The number of H-pyrrole nitrogens is 1. The first-order valence-electron chi connectivity index (χ1n) is 4.89. The van der Waals surface area contributed by atoms with Crippen molar-refractivity contribution in [3.63, 3.8) is 0 Å². The van der Waals surface area contributed by atoms with Crippen LogP contribution < -0.4 is 16.7 Å². The fraction of sp³-hybridized carbons (Fsp3) is 0.333. The van der Waals surface area contributed by atoms with Crippen LogP contribution in [0.25, 0.3) is 0 Å². The fourth-order valence-corrected chi connectivity index (χ4v) is 1.20. The highest BCUT2D eigenvalue weighted by atomic mass is 16.4. The highest BCUT2D eigenvalue weighted by Gasteiger charge is 2.26. The zero-order chi connectivity index (χ0) is 13.9. The minimum absolute atomic E-state index is 0.179. The van der Waals surface area contributed by atoms with Crippen molar-refractivity contribution >= 4 is 17.7 Å². The van der Waals surface area contributed by atoms with Gasteiger partial charge in [-0.3, -0.25) is 9.78 Å². The molecule has 0 aliphatic carbocycles. The van der Waals surface area contributed by atoms with E-state index >= 15 is 0 Å². The number of carbonyl (C=O) groups excluding carboxylic acids is 1. The summed E-state index contributed by atoms with van der Waals surface area (Å²) in [5, 5.41) is 20.0. The number of rotatable bonds is 4. The highest BCUT2D eigenvalue weighted by Crippen LogP contribution is 2.04. The third kappa shape index (κ3) is 3.04. The molecule has 6 N–H and O–H groups in total. The Balaban J connectivity index is 2.94. The molecule has 9 nitrogen and oxygen atoms in total. The van der Waals surface area contributed by atoms with Crippen LogP contribution in [0.3, 0.4) is 0 Å². The molecule has 0 aliphatic rings. The summed E-state index contributed by atoms with van der Waals surface area (Å²) >= 11 is 0. The van der Waals surface area contributed by atoms with Crippen LogP contribution in [0, 0.1) is 0 Å². The molecule has 2 atom stereocenters. The summed E-state index contributed by atoms with van der Waals surface area (Å²) in [6, 6.07) is -1.48. The molecular formula is C9H12N4O5. The van der Waals surface area contributed by atoms with Gasteiger partial charge in [0.05, 0.1) is 11.7 Å². The Kier molecular flexibility index (Phi) is 4.00. The molecule has 1 aromatic rings. The Labute approximate surface area is 101 Å².